The van der Waals surface area contributed by atoms with Crippen LogP contribution in [0.3, 0.4) is 0 Å². The minimum Gasteiger partial charge on any atom is -0.468 e. The maximum atomic E-state index is 13.6. The zero-order valence-corrected chi connectivity index (χ0v) is 14.2. The normalized spacial score (nSPS) is 11.3. The van der Waals surface area contributed by atoms with E-state index in [1.165, 1.54) is 17.9 Å². The van der Waals surface area contributed by atoms with Gasteiger partial charge in [0.2, 0.25) is 0 Å². The molecule has 25 heavy (non-hydrogen) atoms. The van der Waals surface area contributed by atoms with Crippen LogP contribution in [0.5, 0.6) is 0 Å². The summed E-state index contributed by atoms with van der Waals surface area (Å²) in [4.78, 5) is 16.0. The van der Waals surface area contributed by atoms with Gasteiger partial charge in [0.15, 0.2) is 5.65 Å². The second-order valence-electron chi connectivity index (χ2n) is 5.42. The van der Waals surface area contributed by atoms with E-state index in [2.05, 4.69) is 14.8 Å². The Labute approximate surface area is 147 Å². The summed E-state index contributed by atoms with van der Waals surface area (Å²) >= 11 is 5.87. The van der Waals surface area contributed by atoms with Crippen LogP contribution in [-0.4, -0.2) is 27.8 Å². The monoisotopic (exact) mass is 365 g/mol. The highest BCUT2D eigenvalue weighted by atomic mass is 35.5. The third kappa shape index (κ3) is 3.32. The van der Waals surface area contributed by atoms with E-state index < -0.39 is 12.4 Å². The van der Waals surface area contributed by atoms with Gasteiger partial charge in [-0.2, -0.15) is 5.10 Å². The van der Waals surface area contributed by atoms with E-state index >= 15 is 0 Å². The number of hydrogen-bond donors (Lipinski definition) is 0. The van der Waals surface area contributed by atoms with Gasteiger partial charge in [-0.05, 0) is 25.1 Å². The minimum absolute atomic E-state index is 0.177. The first-order valence-corrected chi connectivity index (χ1v) is 7.77. The summed E-state index contributed by atoms with van der Waals surface area (Å²) in [5, 5.41) is 4.95. The number of hydrogen-bond acceptors (Lipinski definition) is 4. The van der Waals surface area contributed by atoms with E-state index in [4.69, 9.17) is 11.6 Å². The summed E-state index contributed by atoms with van der Waals surface area (Å²) in [7, 11) is 1.25. The second kappa shape index (κ2) is 6.76. The fraction of sp³-hybridized carbons (Fsp3) is 0.235. The molecule has 0 atom stereocenters. The van der Waals surface area contributed by atoms with Gasteiger partial charge in [0, 0.05) is 16.1 Å². The van der Waals surface area contributed by atoms with E-state index in [1.807, 2.05) is 0 Å². The Morgan fingerprint density at radius 1 is 1.32 bits per heavy atom. The van der Waals surface area contributed by atoms with Crippen molar-refractivity contribution >= 4 is 28.6 Å². The SMILES string of the molecule is COC(=O)Cn1nc(C)c2c(C(F)F)cc(-c3ccc(Cl)cc3)nc21. The van der Waals surface area contributed by atoms with Gasteiger partial charge in [-0.3, -0.25) is 4.79 Å². The molecule has 0 radical (unpaired) electrons. The van der Waals surface area contributed by atoms with Crippen molar-refractivity contribution in [1.82, 2.24) is 14.8 Å². The molecule has 0 saturated heterocycles. The third-order valence-electron chi connectivity index (χ3n) is 3.79. The highest BCUT2D eigenvalue weighted by Gasteiger charge is 2.22. The molecule has 130 valence electrons. The summed E-state index contributed by atoms with van der Waals surface area (Å²) in [5.74, 6) is -0.540. The van der Waals surface area contributed by atoms with E-state index in [0.717, 1.165) is 0 Å². The van der Waals surface area contributed by atoms with E-state index in [0.29, 0.717) is 22.0 Å². The molecule has 0 bridgehead atoms. The number of ether oxygens (including phenoxy) is 1. The van der Waals surface area contributed by atoms with Gasteiger partial charge in [0.25, 0.3) is 6.43 Å². The van der Waals surface area contributed by atoms with Crippen LogP contribution in [-0.2, 0) is 16.1 Å². The van der Waals surface area contributed by atoms with Crippen LogP contribution >= 0.6 is 11.6 Å². The summed E-state index contributed by atoms with van der Waals surface area (Å²) < 4.78 is 33.1. The van der Waals surface area contributed by atoms with Crippen molar-refractivity contribution in [3.63, 3.8) is 0 Å². The number of halogens is 3. The molecule has 2 aromatic heterocycles. The summed E-state index contributed by atoms with van der Waals surface area (Å²) in [6, 6.07) is 8.04. The number of pyridine rings is 1. The maximum Gasteiger partial charge on any atom is 0.327 e. The number of methoxy groups -OCH3 is 1. The third-order valence-corrected chi connectivity index (χ3v) is 4.04. The Morgan fingerprint density at radius 3 is 2.60 bits per heavy atom. The van der Waals surface area contributed by atoms with Gasteiger partial charge < -0.3 is 4.74 Å². The van der Waals surface area contributed by atoms with Crippen molar-refractivity contribution in [3.05, 3.63) is 46.6 Å². The van der Waals surface area contributed by atoms with E-state index in [-0.39, 0.29) is 23.1 Å². The largest absolute Gasteiger partial charge is 0.468 e. The van der Waals surface area contributed by atoms with E-state index in [1.54, 1.807) is 31.2 Å². The standard InChI is InChI=1S/C17H14ClF2N3O2/c1-9-15-12(16(19)20)7-13(10-3-5-11(18)6-4-10)21-17(15)23(22-9)8-14(24)25-2/h3-7,16H,8H2,1-2H3. The summed E-state index contributed by atoms with van der Waals surface area (Å²) in [5.41, 5.74) is 1.40. The number of carbonyl (C=O) groups excluding carboxylic acids is 1. The van der Waals surface area contributed by atoms with Crippen molar-refractivity contribution in [3.8, 4) is 11.3 Å². The molecule has 0 N–H and O–H groups in total. The molecule has 0 aliphatic rings. The molecular weight excluding hydrogens is 352 g/mol. The first-order valence-electron chi connectivity index (χ1n) is 7.39. The minimum atomic E-state index is -2.70. The molecule has 0 aliphatic carbocycles. The first kappa shape index (κ1) is 17.3. The van der Waals surface area contributed by atoms with E-state index in [9.17, 15) is 13.6 Å². The number of nitrogens with zero attached hydrogens (tertiary/aromatic N) is 3. The zero-order valence-electron chi connectivity index (χ0n) is 13.5. The van der Waals surface area contributed by atoms with Gasteiger partial charge >= 0.3 is 5.97 Å². The van der Waals surface area contributed by atoms with Crippen molar-refractivity contribution in [1.29, 1.82) is 0 Å². The fourth-order valence-corrected chi connectivity index (χ4v) is 2.75. The van der Waals surface area contributed by atoms with Gasteiger partial charge in [-0.15, -0.1) is 0 Å². The fourth-order valence-electron chi connectivity index (χ4n) is 2.62. The summed E-state index contributed by atoms with van der Waals surface area (Å²) in [6.45, 7) is 1.40. The number of carbonyl (C=O) groups is 1. The molecule has 0 fully saturated rings. The van der Waals surface area contributed by atoms with Crippen molar-refractivity contribution in [2.75, 3.05) is 7.11 Å². The molecule has 5 nitrogen and oxygen atoms in total. The van der Waals surface area contributed by atoms with Crippen LogP contribution < -0.4 is 0 Å². The number of aromatic nitrogens is 3. The molecule has 2 heterocycles. The zero-order chi connectivity index (χ0) is 18.1. The average Bonchev–Trinajstić information content (AvgIpc) is 2.90. The number of aryl methyl sites for hydroxylation is 1. The van der Waals surface area contributed by atoms with Crippen LogP contribution in [0.1, 0.15) is 17.7 Å². The quantitative estimate of drug-likeness (QED) is 0.651. The lowest BCUT2D eigenvalue weighted by molar-refractivity contribution is -0.141. The predicted molar refractivity (Wildman–Crippen MR) is 89.7 cm³/mol. The Balaban J connectivity index is 2.24. The molecule has 3 rings (SSSR count). The van der Waals surface area contributed by atoms with Crippen LogP contribution in [0.15, 0.2) is 30.3 Å². The van der Waals surface area contributed by atoms with Gasteiger partial charge in [-0.1, -0.05) is 23.7 Å². The number of alkyl halides is 2. The van der Waals surface area contributed by atoms with Crippen molar-refractivity contribution < 1.29 is 18.3 Å². The molecule has 0 unspecified atom stereocenters. The molecular formula is C17H14ClF2N3O2. The molecule has 0 amide bonds. The molecule has 1 aromatic carbocycles. The predicted octanol–water partition coefficient (Wildman–Crippen LogP) is 4.17. The van der Waals surface area contributed by atoms with Gasteiger partial charge in [-0.25, -0.2) is 18.4 Å². The number of rotatable bonds is 4. The Bertz CT molecular complexity index is 939. The smallest absolute Gasteiger partial charge is 0.327 e. The first-order chi connectivity index (χ1) is 11.9. The number of esters is 1. The summed E-state index contributed by atoms with van der Waals surface area (Å²) in [6.07, 6.45) is -2.70. The Hall–Kier alpha value is -2.54. The van der Waals surface area contributed by atoms with Crippen LogP contribution in [0.2, 0.25) is 5.02 Å². The van der Waals surface area contributed by atoms with Crippen LogP contribution in [0.25, 0.3) is 22.3 Å². The van der Waals surface area contributed by atoms with Crippen LogP contribution in [0, 0.1) is 6.92 Å². The van der Waals surface area contributed by atoms with Gasteiger partial charge in [0.1, 0.15) is 6.54 Å². The molecule has 8 heteroatoms. The van der Waals surface area contributed by atoms with Crippen molar-refractivity contribution in [2.24, 2.45) is 0 Å². The molecule has 0 aliphatic heterocycles. The maximum absolute atomic E-state index is 13.6. The Kier molecular flexibility index (Phi) is 4.67. The topological polar surface area (TPSA) is 57.0 Å². The molecule has 0 spiro atoms. The Morgan fingerprint density at radius 2 is 2.00 bits per heavy atom. The average molecular weight is 366 g/mol. The van der Waals surface area contributed by atoms with Crippen molar-refractivity contribution in [2.45, 2.75) is 19.9 Å². The van der Waals surface area contributed by atoms with Gasteiger partial charge in [0.05, 0.1) is 23.9 Å². The highest BCUT2D eigenvalue weighted by Crippen LogP contribution is 2.33. The highest BCUT2D eigenvalue weighted by molar-refractivity contribution is 6.30. The number of benzene rings is 1. The molecule has 0 saturated carbocycles. The second-order valence-corrected chi connectivity index (χ2v) is 5.86. The number of fused-ring (bicyclic) bond motifs is 1. The lowest BCUT2D eigenvalue weighted by Crippen LogP contribution is -2.13. The lowest BCUT2D eigenvalue weighted by Gasteiger charge is -2.08. The lowest BCUT2D eigenvalue weighted by atomic mass is 10.1. The molecule has 3 aromatic rings. The van der Waals surface area contributed by atoms with Crippen LogP contribution in [0.4, 0.5) is 8.78 Å².